The van der Waals surface area contributed by atoms with Crippen molar-refractivity contribution >= 4 is 21.6 Å². The molecule has 138 valence electrons. The molecule has 1 aliphatic heterocycles. The second-order valence-electron chi connectivity index (χ2n) is 6.44. The number of fused-ring (bicyclic) bond motifs is 1. The van der Waals surface area contributed by atoms with E-state index >= 15 is 0 Å². The summed E-state index contributed by atoms with van der Waals surface area (Å²) in [6, 6.07) is 13.3. The lowest BCUT2D eigenvalue weighted by molar-refractivity contribution is -0.119. The van der Waals surface area contributed by atoms with Crippen LogP contribution in [0, 0.1) is 5.82 Å². The standard InChI is InChI=1S/C19H21FN2O3S/c1-26(24,25)21(13-15-8-10-17(20)11-9-15)14-19(23)22-12-4-6-16-5-2-3-7-18(16)22/h2-3,5,7-11H,4,6,12-14H2,1H3. The molecule has 0 radical (unpaired) electrons. The maximum absolute atomic E-state index is 13.1. The molecule has 0 saturated heterocycles. The first-order chi connectivity index (χ1) is 12.3. The van der Waals surface area contributed by atoms with E-state index in [2.05, 4.69) is 0 Å². The van der Waals surface area contributed by atoms with E-state index in [1.165, 1.54) is 24.3 Å². The van der Waals surface area contributed by atoms with Gasteiger partial charge in [-0.15, -0.1) is 0 Å². The summed E-state index contributed by atoms with van der Waals surface area (Å²) in [5.74, 6) is -0.648. The van der Waals surface area contributed by atoms with Crippen LogP contribution in [-0.2, 0) is 27.8 Å². The number of carbonyl (C=O) groups excluding carboxylic acids is 1. The molecule has 1 aliphatic rings. The lowest BCUT2D eigenvalue weighted by atomic mass is 10.0. The van der Waals surface area contributed by atoms with Gasteiger partial charge in [0.05, 0.1) is 12.8 Å². The van der Waals surface area contributed by atoms with E-state index in [4.69, 9.17) is 0 Å². The molecule has 0 aliphatic carbocycles. The Labute approximate surface area is 153 Å². The number of para-hydroxylation sites is 1. The van der Waals surface area contributed by atoms with E-state index in [9.17, 15) is 17.6 Å². The predicted octanol–water partition coefficient (Wildman–Crippen LogP) is 2.57. The summed E-state index contributed by atoms with van der Waals surface area (Å²) in [5, 5.41) is 0. The van der Waals surface area contributed by atoms with Crippen molar-refractivity contribution in [1.82, 2.24) is 4.31 Å². The number of carbonyl (C=O) groups is 1. The van der Waals surface area contributed by atoms with Crippen LogP contribution in [0.3, 0.4) is 0 Å². The Morgan fingerprint density at radius 3 is 2.54 bits per heavy atom. The molecule has 7 heteroatoms. The van der Waals surface area contributed by atoms with Crippen molar-refractivity contribution in [1.29, 1.82) is 0 Å². The fourth-order valence-corrected chi connectivity index (χ4v) is 3.84. The number of hydrogen-bond acceptors (Lipinski definition) is 3. The van der Waals surface area contributed by atoms with E-state index in [1.807, 2.05) is 24.3 Å². The maximum Gasteiger partial charge on any atom is 0.242 e. The third-order valence-electron chi connectivity index (χ3n) is 4.46. The summed E-state index contributed by atoms with van der Waals surface area (Å²) >= 11 is 0. The molecule has 5 nitrogen and oxygen atoms in total. The highest BCUT2D eigenvalue weighted by Gasteiger charge is 2.27. The molecule has 0 unspecified atom stereocenters. The van der Waals surface area contributed by atoms with Crippen LogP contribution in [0.2, 0.25) is 0 Å². The summed E-state index contributed by atoms with van der Waals surface area (Å²) < 4.78 is 38.5. The number of nitrogens with zero attached hydrogens (tertiary/aromatic N) is 2. The van der Waals surface area contributed by atoms with Crippen molar-refractivity contribution in [2.75, 3.05) is 24.2 Å². The van der Waals surface area contributed by atoms with Crippen molar-refractivity contribution in [2.45, 2.75) is 19.4 Å². The van der Waals surface area contributed by atoms with Gasteiger partial charge in [-0.1, -0.05) is 30.3 Å². The number of rotatable bonds is 5. The van der Waals surface area contributed by atoms with Crippen LogP contribution in [0.25, 0.3) is 0 Å². The molecule has 0 bridgehead atoms. The third kappa shape index (κ3) is 4.28. The molecule has 2 aromatic carbocycles. The largest absolute Gasteiger partial charge is 0.311 e. The number of hydrogen-bond donors (Lipinski definition) is 0. The Morgan fingerprint density at radius 1 is 1.15 bits per heavy atom. The molecule has 26 heavy (non-hydrogen) atoms. The number of benzene rings is 2. The van der Waals surface area contributed by atoms with E-state index in [-0.39, 0.29) is 24.8 Å². The Hall–Kier alpha value is -2.25. The molecule has 2 aromatic rings. The molecule has 0 N–H and O–H groups in total. The zero-order valence-electron chi connectivity index (χ0n) is 14.6. The zero-order valence-corrected chi connectivity index (χ0v) is 15.4. The minimum absolute atomic E-state index is 0.0281. The van der Waals surface area contributed by atoms with Gasteiger partial charge < -0.3 is 4.90 Å². The molecular formula is C19H21FN2O3S. The predicted molar refractivity (Wildman–Crippen MR) is 98.8 cm³/mol. The molecule has 0 saturated carbocycles. The normalized spacial score (nSPS) is 14.3. The Balaban J connectivity index is 1.79. The Bertz CT molecular complexity index is 897. The van der Waals surface area contributed by atoms with E-state index < -0.39 is 10.0 Å². The fourth-order valence-electron chi connectivity index (χ4n) is 3.11. The van der Waals surface area contributed by atoms with Gasteiger partial charge in [0.25, 0.3) is 0 Å². The van der Waals surface area contributed by atoms with Crippen molar-refractivity contribution in [3.05, 3.63) is 65.5 Å². The van der Waals surface area contributed by atoms with Crippen LogP contribution in [-0.4, -0.2) is 38.0 Å². The van der Waals surface area contributed by atoms with Crippen LogP contribution in [0.4, 0.5) is 10.1 Å². The quantitative estimate of drug-likeness (QED) is 0.806. The van der Waals surface area contributed by atoms with Crippen molar-refractivity contribution < 1.29 is 17.6 Å². The minimum Gasteiger partial charge on any atom is -0.311 e. The van der Waals surface area contributed by atoms with Gasteiger partial charge >= 0.3 is 0 Å². The van der Waals surface area contributed by atoms with Gasteiger partial charge in [0.1, 0.15) is 5.82 Å². The van der Waals surface area contributed by atoms with Crippen LogP contribution < -0.4 is 4.90 Å². The molecule has 0 atom stereocenters. The average molecular weight is 376 g/mol. The highest BCUT2D eigenvalue weighted by molar-refractivity contribution is 7.88. The van der Waals surface area contributed by atoms with E-state index in [0.29, 0.717) is 12.1 Å². The number of amides is 1. The van der Waals surface area contributed by atoms with Crippen LogP contribution >= 0.6 is 0 Å². The SMILES string of the molecule is CS(=O)(=O)N(CC(=O)N1CCCc2ccccc21)Cc1ccc(F)cc1. The van der Waals surface area contributed by atoms with Gasteiger partial charge in [-0.05, 0) is 42.2 Å². The monoisotopic (exact) mass is 376 g/mol. The molecule has 1 amide bonds. The zero-order chi connectivity index (χ0) is 18.7. The second kappa shape index (κ2) is 7.55. The summed E-state index contributed by atoms with van der Waals surface area (Å²) in [6.07, 6.45) is 2.83. The first kappa shape index (κ1) is 18.5. The van der Waals surface area contributed by atoms with Gasteiger partial charge in [0.2, 0.25) is 15.9 Å². The van der Waals surface area contributed by atoms with Crippen LogP contribution in [0.5, 0.6) is 0 Å². The highest BCUT2D eigenvalue weighted by atomic mass is 32.2. The van der Waals surface area contributed by atoms with Crippen molar-refractivity contribution in [2.24, 2.45) is 0 Å². The summed E-state index contributed by atoms with van der Waals surface area (Å²) in [7, 11) is -3.59. The number of halogens is 1. The van der Waals surface area contributed by atoms with Crippen molar-refractivity contribution in [3.8, 4) is 0 Å². The molecule has 0 aromatic heterocycles. The number of aryl methyl sites for hydroxylation is 1. The second-order valence-corrected chi connectivity index (χ2v) is 8.42. The third-order valence-corrected chi connectivity index (χ3v) is 5.66. The minimum atomic E-state index is -3.59. The summed E-state index contributed by atoms with van der Waals surface area (Å²) in [5.41, 5.74) is 2.57. The molecule has 0 spiro atoms. The Kier molecular flexibility index (Phi) is 5.38. The number of anilines is 1. The summed E-state index contributed by atoms with van der Waals surface area (Å²) in [4.78, 5) is 14.5. The van der Waals surface area contributed by atoms with Gasteiger partial charge in [0.15, 0.2) is 0 Å². The van der Waals surface area contributed by atoms with Gasteiger partial charge in [-0.2, -0.15) is 4.31 Å². The van der Waals surface area contributed by atoms with Crippen LogP contribution in [0.1, 0.15) is 17.5 Å². The smallest absolute Gasteiger partial charge is 0.242 e. The first-order valence-corrected chi connectivity index (χ1v) is 10.3. The molecule has 0 fully saturated rings. The first-order valence-electron chi connectivity index (χ1n) is 8.42. The van der Waals surface area contributed by atoms with Gasteiger partial charge in [-0.3, -0.25) is 4.79 Å². The highest BCUT2D eigenvalue weighted by Crippen LogP contribution is 2.27. The lowest BCUT2D eigenvalue weighted by Crippen LogP contribution is -2.44. The summed E-state index contributed by atoms with van der Waals surface area (Å²) in [6.45, 7) is 0.356. The van der Waals surface area contributed by atoms with Crippen molar-refractivity contribution in [3.63, 3.8) is 0 Å². The molecular weight excluding hydrogens is 355 g/mol. The average Bonchev–Trinajstić information content (AvgIpc) is 2.61. The fraction of sp³-hybridized carbons (Fsp3) is 0.316. The lowest BCUT2D eigenvalue weighted by Gasteiger charge is -2.31. The van der Waals surface area contributed by atoms with Gasteiger partial charge in [-0.25, -0.2) is 12.8 Å². The Morgan fingerprint density at radius 2 is 1.85 bits per heavy atom. The maximum atomic E-state index is 13.1. The number of sulfonamides is 1. The molecule has 1 heterocycles. The van der Waals surface area contributed by atoms with E-state index in [1.54, 1.807) is 4.90 Å². The van der Waals surface area contributed by atoms with Crippen LogP contribution in [0.15, 0.2) is 48.5 Å². The molecule has 3 rings (SSSR count). The van der Waals surface area contributed by atoms with Gasteiger partial charge in [0, 0.05) is 18.8 Å². The topological polar surface area (TPSA) is 57.7 Å². The van der Waals surface area contributed by atoms with E-state index in [0.717, 1.165) is 34.7 Å².